The third-order valence-electron chi connectivity index (χ3n) is 3.28. The quantitative estimate of drug-likeness (QED) is 0.932. The van der Waals surface area contributed by atoms with Crippen LogP contribution in [0.3, 0.4) is 0 Å². The number of halogens is 2. The summed E-state index contributed by atoms with van der Waals surface area (Å²) in [6.07, 6.45) is 0.346. The molecule has 0 aromatic heterocycles. The van der Waals surface area contributed by atoms with Gasteiger partial charge in [-0.1, -0.05) is 30.1 Å². The van der Waals surface area contributed by atoms with E-state index in [1.165, 1.54) is 0 Å². The number of nitriles is 1. The topological polar surface area (TPSA) is 62.1 Å². The van der Waals surface area contributed by atoms with Gasteiger partial charge >= 0.3 is 0 Å². The molecule has 1 amide bonds. The molecule has 1 aliphatic heterocycles. The van der Waals surface area contributed by atoms with E-state index in [1.54, 1.807) is 18.2 Å². The molecule has 0 aliphatic carbocycles. The van der Waals surface area contributed by atoms with Gasteiger partial charge in [0.25, 0.3) is 5.91 Å². The second-order valence-electron chi connectivity index (χ2n) is 4.83. The summed E-state index contributed by atoms with van der Waals surface area (Å²) in [7, 11) is 0. The fraction of sp³-hybridized carbons (Fsp3) is 0.429. The van der Waals surface area contributed by atoms with Crippen molar-refractivity contribution in [2.45, 2.75) is 25.5 Å². The third kappa shape index (κ3) is 3.43. The maximum Gasteiger partial charge on any atom is 0.250 e. The molecule has 0 spiro atoms. The molecule has 1 heterocycles. The molecule has 1 aromatic rings. The highest BCUT2D eigenvalue weighted by Crippen LogP contribution is 2.25. The van der Waals surface area contributed by atoms with Crippen LogP contribution >= 0.6 is 23.2 Å². The summed E-state index contributed by atoms with van der Waals surface area (Å²) in [6.45, 7) is 2.52. The number of rotatable bonds is 3. The van der Waals surface area contributed by atoms with E-state index in [9.17, 15) is 10.1 Å². The second kappa shape index (κ2) is 6.45. The van der Waals surface area contributed by atoms with Gasteiger partial charge in [0.05, 0.1) is 6.07 Å². The van der Waals surface area contributed by atoms with Crippen molar-refractivity contribution in [3.63, 3.8) is 0 Å². The molecule has 6 heteroatoms. The van der Waals surface area contributed by atoms with Crippen LogP contribution in [0.4, 0.5) is 0 Å². The van der Waals surface area contributed by atoms with Crippen LogP contribution in [0.15, 0.2) is 18.2 Å². The number of carbonyl (C=O) groups excluding carboxylic acids is 1. The Balaban J connectivity index is 2.13. The van der Waals surface area contributed by atoms with Gasteiger partial charge in [0.1, 0.15) is 12.1 Å². The molecule has 106 valence electrons. The molecule has 1 aliphatic rings. The van der Waals surface area contributed by atoms with Gasteiger partial charge in [-0.05, 0) is 36.1 Å². The van der Waals surface area contributed by atoms with Crippen LogP contribution in [-0.2, 0) is 9.53 Å². The first-order valence-electron chi connectivity index (χ1n) is 6.29. The molecule has 0 saturated carbocycles. The number of carbonyl (C=O) groups is 1. The molecule has 0 radical (unpaired) electrons. The zero-order valence-corrected chi connectivity index (χ0v) is 12.4. The smallest absolute Gasteiger partial charge is 0.250 e. The van der Waals surface area contributed by atoms with Crippen LogP contribution < -0.4 is 5.32 Å². The summed E-state index contributed by atoms with van der Waals surface area (Å²) in [5.74, 6) is -0.130. The van der Waals surface area contributed by atoms with Gasteiger partial charge in [0.15, 0.2) is 0 Å². The third-order valence-corrected chi connectivity index (χ3v) is 3.72. The van der Waals surface area contributed by atoms with Crippen LogP contribution in [0.2, 0.25) is 10.0 Å². The Bertz CT molecular complexity index is 536. The zero-order chi connectivity index (χ0) is 14.7. The molecule has 1 saturated heterocycles. The van der Waals surface area contributed by atoms with E-state index in [0.717, 1.165) is 6.42 Å². The number of hydrogen-bond donors (Lipinski definition) is 1. The highest BCUT2D eigenvalue weighted by Gasteiger charge is 2.32. The largest absolute Gasteiger partial charge is 0.368 e. The van der Waals surface area contributed by atoms with Crippen molar-refractivity contribution >= 4 is 29.1 Å². The molecule has 3 atom stereocenters. The molecule has 2 rings (SSSR count). The average Bonchev–Trinajstić information content (AvgIpc) is 2.80. The van der Waals surface area contributed by atoms with Crippen molar-refractivity contribution in [1.29, 1.82) is 5.26 Å². The van der Waals surface area contributed by atoms with Crippen molar-refractivity contribution in [2.75, 3.05) is 6.61 Å². The lowest BCUT2D eigenvalue weighted by atomic mass is 10.0. The molecule has 1 fully saturated rings. The van der Waals surface area contributed by atoms with E-state index < -0.39 is 12.1 Å². The normalized spacial score (nSPS) is 23.1. The lowest BCUT2D eigenvalue weighted by Gasteiger charge is -2.18. The van der Waals surface area contributed by atoms with Gasteiger partial charge in [-0.25, -0.2) is 0 Å². The summed E-state index contributed by atoms with van der Waals surface area (Å²) >= 11 is 11.8. The van der Waals surface area contributed by atoms with Gasteiger partial charge < -0.3 is 10.1 Å². The van der Waals surface area contributed by atoms with Crippen molar-refractivity contribution < 1.29 is 9.53 Å². The summed E-state index contributed by atoms with van der Waals surface area (Å²) in [6, 6.07) is 6.04. The van der Waals surface area contributed by atoms with Crippen LogP contribution in [0, 0.1) is 17.2 Å². The van der Waals surface area contributed by atoms with E-state index in [0.29, 0.717) is 22.2 Å². The number of amides is 1. The average molecular weight is 313 g/mol. The van der Waals surface area contributed by atoms with Crippen LogP contribution in [0.1, 0.15) is 24.9 Å². The van der Waals surface area contributed by atoms with Crippen molar-refractivity contribution in [3.05, 3.63) is 33.8 Å². The van der Waals surface area contributed by atoms with Crippen molar-refractivity contribution in [1.82, 2.24) is 5.32 Å². The van der Waals surface area contributed by atoms with Gasteiger partial charge in [-0.2, -0.15) is 5.26 Å². The zero-order valence-electron chi connectivity index (χ0n) is 10.9. The van der Waals surface area contributed by atoms with E-state index in [4.69, 9.17) is 27.9 Å². The number of benzene rings is 1. The number of nitrogens with zero attached hydrogens (tertiary/aromatic N) is 1. The minimum atomic E-state index is -0.796. The SMILES string of the molecule is C[C@@H]1CCO[C@H]1C(=O)N[C@H](C#N)c1cc(Cl)cc(Cl)c1. The van der Waals surface area contributed by atoms with E-state index in [2.05, 4.69) is 5.32 Å². The van der Waals surface area contributed by atoms with E-state index in [-0.39, 0.29) is 11.8 Å². The number of nitrogens with one attached hydrogen (secondary N) is 1. The monoisotopic (exact) mass is 312 g/mol. The Morgan fingerprint density at radius 2 is 2.10 bits per heavy atom. The molecule has 4 nitrogen and oxygen atoms in total. The lowest BCUT2D eigenvalue weighted by Crippen LogP contribution is -2.39. The summed E-state index contributed by atoms with van der Waals surface area (Å²) in [5, 5.41) is 12.7. The Morgan fingerprint density at radius 1 is 1.45 bits per heavy atom. The predicted octanol–water partition coefficient (Wildman–Crippen LogP) is 3.10. The lowest BCUT2D eigenvalue weighted by molar-refractivity contribution is -0.131. The van der Waals surface area contributed by atoms with Gasteiger partial charge in [-0.15, -0.1) is 0 Å². The van der Waals surface area contributed by atoms with Gasteiger partial charge in [0.2, 0.25) is 0 Å². The van der Waals surface area contributed by atoms with Crippen LogP contribution in [0.5, 0.6) is 0 Å². The fourth-order valence-corrected chi connectivity index (χ4v) is 2.73. The molecule has 1 aromatic carbocycles. The molecular weight excluding hydrogens is 299 g/mol. The fourth-order valence-electron chi connectivity index (χ4n) is 2.19. The van der Waals surface area contributed by atoms with Crippen LogP contribution in [-0.4, -0.2) is 18.6 Å². The highest BCUT2D eigenvalue weighted by molar-refractivity contribution is 6.34. The highest BCUT2D eigenvalue weighted by atomic mass is 35.5. The maximum atomic E-state index is 12.1. The minimum Gasteiger partial charge on any atom is -0.368 e. The first kappa shape index (κ1) is 15.1. The van der Waals surface area contributed by atoms with Crippen molar-refractivity contribution in [2.24, 2.45) is 5.92 Å². The van der Waals surface area contributed by atoms with Gasteiger partial charge in [0, 0.05) is 16.7 Å². The van der Waals surface area contributed by atoms with Crippen LogP contribution in [0.25, 0.3) is 0 Å². The molecule has 20 heavy (non-hydrogen) atoms. The molecular formula is C14H14Cl2N2O2. The van der Waals surface area contributed by atoms with E-state index >= 15 is 0 Å². The molecule has 0 bridgehead atoms. The molecule has 0 unspecified atom stereocenters. The Hall–Kier alpha value is -1.28. The number of hydrogen-bond acceptors (Lipinski definition) is 3. The van der Waals surface area contributed by atoms with Crippen molar-refractivity contribution in [3.8, 4) is 6.07 Å². The predicted molar refractivity (Wildman–Crippen MR) is 76.5 cm³/mol. The molecule has 1 N–H and O–H groups in total. The van der Waals surface area contributed by atoms with E-state index in [1.807, 2.05) is 13.0 Å². The second-order valence-corrected chi connectivity index (χ2v) is 5.70. The Morgan fingerprint density at radius 3 is 2.60 bits per heavy atom. The Kier molecular flexibility index (Phi) is 4.87. The maximum absolute atomic E-state index is 12.1. The first-order chi connectivity index (χ1) is 9.51. The standard InChI is InChI=1S/C14H14Cl2N2O2/c1-8-2-3-20-13(8)14(19)18-12(7-17)9-4-10(15)6-11(16)5-9/h4-6,8,12-13H,2-3H2,1H3,(H,18,19)/t8-,12-,13-/m1/s1. The number of ether oxygens (including phenoxy) is 1. The summed E-state index contributed by atoms with van der Waals surface area (Å²) in [4.78, 5) is 12.1. The Labute approximate surface area is 127 Å². The summed E-state index contributed by atoms with van der Waals surface area (Å²) in [5.41, 5.74) is 0.559. The van der Waals surface area contributed by atoms with Gasteiger partial charge in [-0.3, -0.25) is 4.79 Å². The minimum absolute atomic E-state index is 0.150. The first-order valence-corrected chi connectivity index (χ1v) is 7.04. The summed E-state index contributed by atoms with van der Waals surface area (Å²) < 4.78 is 5.38.